The van der Waals surface area contributed by atoms with E-state index in [1.807, 2.05) is 84.9 Å². The van der Waals surface area contributed by atoms with E-state index in [2.05, 4.69) is 27.2 Å². The smallest absolute Gasteiger partial charge is 0.422 e. The molecule has 264 valence electrons. The topological polar surface area (TPSA) is 99.2 Å². The average Bonchev–Trinajstić information content (AvgIpc) is 3.09. The molecule has 12 heteroatoms. The second-order valence-electron chi connectivity index (χ2n) is 10.3. The number of nitrogens with one attached hydrogen (secondary N) is 2. The lowest BCUT2D eigenvalue weighted by atomic mass is 10.0. The van der Waals surface area contributed by atoms with Crippen molar-refractivity contribution in [2.24, 2.45) is 4.99 Å². The molecule has 0 saturated carbocycles. The third-order valence-corrected chi connectivity index (χ3v) is 6.87. The number of ether oxygens (including phenoxy) is 1. The molecule has 0 bridgehead atoms. The molecule has 1 aromatic heterocycles. The van der Waals surface area contributed by atoms with Crippen molar-refractivity contribution in [3.63, 3.8) is 0 Å². The van der Waals surface area contributed by atoms with E-state index in [-0.39, 0.29) is 30.1 Å². The molecule has 48 heavy (non-hydrogen) atoms. The number of alkyl halides is 3. The van der Waals surface area contributed by atoms with Gasteiger partial charge in [0, 0.05) is 36.1 Å². The van der Waals surface area contributed by atoms with Gasteiger partial charge in [-0.25, -0.2) is 14.8 Å². The number of hydrogen-bond donors (Lipinski definition) is 2. The van der Waals surface area contributed by atoms with Crippen LogP contribution in [0, 0.1) is 0 Å². The van der Waals surface area contributed by atoms with Gasteiger partial charge in [0.1, 0.15) is 11.5 Å². The lowest BCUT2D eigenvalue weighted by Crippen LogP contribution is -2.47. The van der Waals surface area contributed by atoms with Crippen molar-refractivity contribution in [2.75, 3.05) is 35.7 Å². The van der Waals surface area contributed by atoms with Crippen LogP contribution in [0.2, 0.25) is 0 Å². The predicted molar refractivity (Wildman–Crippen MR) is 191 cm³/mol. The number of rotatable bonds is 11. The number of urea groups is 1. The number of benzene rings is 1. The maximum Gasteiger partial charge on any atom is 0.422 e. The zero-order valence-electron chi connectivity index (χ0n) is 29.7. The largest absolute Gasteiger partial charge is 0.467 e. The Hall–Kier alpha value is -4.61. The van der Waals surface area contributed by atoms with Gasteiger partial charge in [-0.15, -0.1) is 0 Å². The molecule has 3 rings (SSSR count). The zero-order chi connectivity index (χ0) is 36.4. The van der Waals surface area contributed by atoms with Gasteiger partial charge in [0.2, 0.25) is 11.8 Å². The second-order valence-corrected chi connectivity index (χ2v) is 10.3. The minimum atomic E-state index is -4.59. The summed E-state index contributed by atoms with van der Waals surface area (Å²) in [5.41, 5.74) is 3.00. The molecule has 2 heterocycles. The third-order valence-electron chi connectivity index (χ3n) is 6.87. The molecular weight excluding hydrogens is 621 g/mol. The summed E-state index contributed by atoms with van der Waals surface area (Å²) in [6.45, 7) is 17.6. The van der Waals surface area contributed by atoms with Crippen LogP contribution in [0.25, 0.3) is 0 Å². The number of amidine groups is 1. The van der Waals surface area contributed by atoms with E-state index >= 15 is 0 Å². The van der Waals surface area contributed by atoms with Crippen LogP contribution in [0.15, 0.2) is 77.6 Å². The molecule has 2 aromatic rings. The SMILES string of the molecule is C=CC(=O)Nc1cc(NC(C)=N/C=C2/CN(c3ccccc3)C(=O)N(C)/C2=C\CCC)c(OCC(F)(F)F)nc1C(C)CC.CC.CC. The lowest BCUT2D eigenvalue weighted by Gasteiger charge is -2.36. The van der Waals surface area contributed by atoms with Gasteiger partial charge in [0.05, 0.1) is 17.9 Å². The van der Waals surface area contributed by atoms with Crippen LogP contribution in [0.1, 0.15) is 86.3 Å². The number of likely N-dealkylation sites (N-methyl/N-ethyl adjacent to an activating group) is 1. The maximum absolute atomic E-state index is 13.2. The number of aliphatic imine (C=N–C) groups is 1. The number of carbonyl (C=O) groups excluding carboxylic acids is 2. The molecule has 1 unspecified atom stereocenters. The van der Waals surface area contributed by atoms with E-state index in [0.717, 1.165) is 35.9 Å². The van der Waals surface area contributed by atoms with Crippen molar-refractivity contribution in [3.05, 3.63) is 78.3 Å². The second kappa shape index (κ2) is 20.6. The molecule has 9 nitrogen and oxygen atoms in total. The quantitative estimate of drug-likeness (QED) is 0.141. The highest BCUT2D eigenvalue weighted by Crippen LogP contribution is 2.35. The number of unbranched alkanes of at least 4 members (excludes halogenated alkanes) is 1. The summed E-state index contributed by atoms with van der Waals surface area (Å²) in [6.07, 6.45) is 2.37. The number of aromatic nitrogens is 1. The van der Waals surface area contributed by atoms with Gasteiger partial charge in [-0.2, -0.15) is 13.2 Å². The normalized spacial score (nSPS) is 15.6. The Morgan fingerprint density at radius 2 is 1.77 bits per heavy atom. The third kappa shape index (κ3) is 12.2. The first-order chi connectivity index (χ1) is 22.9. The molecule has 1 aliphatic rings. The highest BCUT2D eigenvalue weighted by molar-refractivity contribution is 6.01. The maximum atomic E-state index is 13.2. The molecule has 1 saturated heterocycles. The number of carbonyl (C=O) groups is 2. The Balaban J connectivity index is 0.00000277. The van der Waals surface area contributed by atoms with Gasteiger partial charge in [0.25, 0.3) is 0 Å². The number of para-hydroxylation sites is 1. The van der Waals surface area contributed by atoms with Crippen LogP contribution in [0.5, 0.6) is 5.88 Å². The summed E-state index contributed by atoms with van der Waals surface area (Å²) >= 11 is 0. The molecule has 0 radical (unpaired) electrons. The van der Waals surface area contributed by atoms with E-state index in [9.17, 15) is 22.8 Å². The van der Waals surface area contributed by atoms with Gasteiger partial charge in [-0.05, 0) is 44.0 Å². The molecule has 0 spiro atoms. The fraction of sp³-hybridized carbons (Fsp3) is 0.444. The number of nitrogens with zero attached hydrogens (tertiary/aromatic N) is 4. The molecule has 1 aromatic carbocycles. The van der Waals surface area contributed by atoms with Crippen LogP contribution in [0.3, 0.4) is 0 Å². The Morgan fingerprint density at radius 1 is 1.12 bits per heavy atom. The first-order valence-electron chi connectivity index (χ1n) is 16.4. The van der Waals surface area contributed by atoms with E-state index in [0.29, 0.717) is 23.6 Å². The van der Waals surface area contributed by atoms with E-state index in [1.165, 1.54) is 6.07 Å². The molecular formula is C36H51F3N6O3. The highest BCUT2D eigenvalue weighted by Gasteiger charge is 2.31. The summed E-state index contributed by atoms with van der Waals surface area (Å²) in [7, 11) is 1.70. The number of anilines is 3. The van der Waals surface area contributed by atoms with Gasteiger partial charge in [0.15, 0.2) is 6.61 Å². The molecule has 1 fully saturated rings. The zero-order valence-corrected chi connectivity index (χ0v) is 29.7. The van der Waals surface area contributed by atoms with Gasteiger partial charge < -0.3 is 15.4 Å². The number of halogens is 3. The number of amides is 3. The van der Waals surface area contributed by atoms with Gasteiger partial charge in [-0.1, -0.05) is 85.7 Å². The minimum Gasteiger partial charge on any atom is -0.467 e. The standard InChI is InChI=1S/C32H39F3N6O3.2C2H6/c1-7-10-16-27-23(19-41(31(43)40(27)6)24-14-12-11-13-15-24)18-36-22(5)37-26-17-25(38-28(42)9-3)29(21(4)8-2)39-30(26)44-20-32(33,34)35;2*1-2/h9,11-18,21H,3,7-8,10,19-20H2,1-2,4-6H3,(H,36,37)(H,38,42);2*1-2H3/b23-18-,27-16-;;. The van der Waals surface area contributed by atoms with Crippen molar-refractivity contribution < 1.29 is 27.5 Å². The minimum absolute atomic E-state index is 0.0870. The van der Waals surface area contributed by atoms with Crippen LogP contribution < -0.4 is 20.3 Å². The van der Waals surface area contributed by atoms with Crippen LogP contribution in [-0.2, 0) is 4.79 Å². The number of pyridine rings is 1. The van der Waals surface area contributed by atoms with Gasteiger partial charge >= 0.3 is 12.2 Å². The predicted octanol–water partition coefficient (Wildman–Crippen LogP) is 9.68. The molecule has 3 amide bonds. The summed E-state index contributed by atoms with van der Waals surface area (Å²) in [4.78, 5) is 37.5. The monoisotopic (exact) mass is 672 g/mol. The van der Waals surface area contributed by atoms with E-state index in [1.54, 1.807) is 30.0 Å². The van der Waals surface area contributed by atoms with Crippen molar-refractivity contribution in [1.82, 2.24) is 9.88 Å². The first-order valence-corrected chi connectivity index (χ1v) is 16.4. The Bertz CT molecular complexity index is 1440. The summed E-state index contributed by atoms with van der Waals surface area (Å²) in [6, 6.07) is 10.6. The summed E-state index contributed by atoms with van der Waals surface area (Å²) in [5.74, 6) is -0.650. The van der Waals surface area contributed by atoms with E-state index in [4.69, 9.17) is 4.74 Å². The lowest BCUT2D eigenvalue weighted by molar-refractivity contribution is -0.154. The van der Waals surface area contributed by atoms with E-state index < -0.39 is 18.7 Å². The van der Waals surface area contributed by atoms with Crippen molar-refractivity contribution in [1.29, 1.82) is 0 Å². The van der Waals surface area contributed by atoms with Crippen LogP contribution >= 0.6 is 0 Å². The molecule has 0 aliphatic carbocycles. The molecule has 2 N–H and O–H groups in total. The van der Waals surface area contributed by atoms with Crippen molar-refractivity contribution in [2.45, 2.75) is 86.7 Å². The molecule has 1 atom stereocenters. The van der Waals surface area contributed by atoms with Crippen molar-refractivity contribution in [3.8, 4) is 5.88 Å². The van der Waals surface area contributed by atoms with Crippen molar-refractivity contribution >= 4 is 34.8 Å². The average molecular weight is 673 g/mol. The van der Waals surface area contributed by atoms with Crippen LogP contribution in [-0.4, -0.2) is 54.0 Å². The summed E-state index contributed by atoms with van der Waals surface area (Å²) in [5, 5.41) is 5.67. The summed E-state index contributed by atoms with van der Waals surface area (Å²) < 4.78 is 44.4. The number of hydrogen-bond acceptors (Lipinski definition) is 5. The Kier molecular flexibility index (Phi) is 17.8. The van der Waals surface area contributed by atoms with Crippen LogP contribution in [0.4, 0.5) is 35.0 Å². The fourth-order valence-electron chi connectivity index (χ4n) is 4.40. The Labute approximate surface area is 283 Å². The highest BCUT2D eigenvalue weighted by atomic mass is 19.4. The first kappa shape index (κ1) is 41.4. The fourth-order valence-corrected chi connectivity index (χ4v) is 4.40. The number of allylic oxidation sites excluding steroid dienone is 1. The Morgan fingerprint density at radius 3 is 2.33 bits per heavy atom. The molecule has 1 aliphatic heterocycles. The van der Waals surface area contributed by atoms with Gasteiger partial charge in [-0.3, -0.25) is 14.6 Å².